The summed E-state index contributed by atoms with van der Waals surface area (Å²) < 4.78 is 0. The second-order valence-corrected chi connectivity index (χ2v) is 4.08. The number of hydrogen-bond donors (Lipinski definition) is 1. The van der Waals surface area contributed by atoms with Crippen molar-refractivity contribution in [2.24, 2.45) is 0 Å². The highest BCUT2D eigenvalue weighted by molar-refractivity contribution is 7.98. The van der Waals surface area contributed by atoms with Gasteiger partial charge in [-0.1, -0.05) is 11.3 Å². The van der Waals surface area contributed by atoms with Gasteiger partial charge in [-0.15, -0.1) is 10.2 Å². The highest BCUT2D eigenvalue weighted by Crippen LogP contribution is 2.28. The van der Waals surface area contributed by atoms with Gasteiger partial charge in [0, 0.05) is 0 Å². The van der Waals surface area contributed by atoms with Gasteiger partial charge in [-0.25, -0.2) is 0 Å². The summed E-state index contributed by atoms with van der Waals surface area (Å²) in [5.74, 6) is 0. The number of nitrogens with two attached hydrogens (primary N) is 1. The molecule has 0 fully saturated rings. The van der Waals surface area contributed by atoms with Crippen molar-refractivity contribution in [1.29, 1.82) is 0 Å². The minimum atomic E-state index is 0.412. The van der Waals surface area contributed by atoms with Crippen LogP contribution in [0.1, 0.15) is 17.2 Å². The fraction of sp³-hybridized carbons (Fsp3) is 0.600. The molecule has 5 heteroatoms. The van der Waals surface area contributed by atoms with Gasteiger partial charge in [0.05, 0.1) is 5.25 Å². The molecule has 0 bridgehead atoms. The zero-order valence-electron chi connectivity index (χ0n) is 5.87. The molecular formula is C5H9N3S2. The van der Waals surface area contributed by atoms with Crippen molar-refractivity contribution in [3.05, 3.63) is 5.01 Å². The molecule has 1 heterocycles. The van der Waals surface area contributed by atoms with Crippen molar-refractivity contribution in [2.75, 3.05) is 12.0 Å². The Morgan fingerprint density at radius 2 is 2.30 bits per heavy atom. The number of hydrogen-bond acceptors (Lipinski definition) is 5. The minimum absolute atomic E-state index is 0.412. The van der Waals surface area contributed by atoms with Gasteiger partial charge >= 0.3 is 0 Å². The first kappa shape index (κ1) is 7.81. The topological polar surface area (TPSA) is 51.8 Å². The van der Waals surface area contributed by atoms with Crippen LogP contribution in [0.25, 0.3) is 0 Å². The van der Waals surface area contributed by atoms with Crippen molar-refractivity contribution >= 4 is 28.2 Å². The summed E-state index contributed by atoms with van der Waals surface area (Å²) in [7, 11) is 0. The zero-order chi connectivity index (χ0) is 7.56. The van der Waals surface area contributed by atoms with Crippen molar-refractivity contribution < 1.29 is 0 Å². The lowest BCUT2D eigenvalue weighted by molar-refractivity contribution is 0.973. The SMILES string of the molecule is CS[C@@H](C)c1nnc(N)s1. The van der Waals surface area contributed by atoms with Crippen molar-refractivity contribution in [3.63, 3.8) is 0 Å². The van der Waals surface area contributed by atoms with Crippen LogP contribution in [0.4, 0.5) is 5.13 Å². The molecule has 1 aromatic rings. The van der Waals surface area contributed by atoms with Gasteiger partial charge in [-0.05, 0) is 13.2 Å². The third kappa shape index (κ3) is 1.60. The molecular weight excluding hydrogens is 166 g/mol. The molecule has 0 aliphatic carbocycles. The Labute approximate surface area is 68.0 Å². The van der Waals surface area contributed by atoms with Gasteiger partial charge in [-0.3, -0.25) is 0 Å². The molecule has 1 rings (SSSR count). The van der Waals surface area contributed by atoms with Gasteiger partial charge in [0.25, 0.3) is 0 Å². The van der Waals surface area contributed by atoms with E-state index in [1.54, 1.807) is 11.8 Å². The highest BCUT2D eigenvalue weighted by Gasteiger charge is 2.07. The molecule has 10 heavy (non-hydrogen) atoms. The summed E-state index contributed by atoms with van der Waals surface area (Å²) in [6.07, 6.45) is 2.04. The maximum absolute atomic E-state index is 5.41. The minimum Gasteiger partial charge on any atom is -0.374 e. The summed E-state index contributed by atoms with van der Waals surface area (Å²) in [6.45, 7) is 2.09. The largest absolute Gasteiger partial charge is 0.374 e. The number of rotatable bonds is 2. The fourth-order valence-electron chi connectivity index (χ4n) is 0.512. The van der Waals surface area contributed by atoms with E-state index in [0.717, 1.165) is 5.01 Å². The molecule has 1 aromatic heterocycles. The molecule has 0 saturated carbocycles. The van der Waals surface area contributed by atoms with Crippen molar-refractivity contribution in [1.82, 2.24) is 10.2 Å². The van der Waals surface area contributed by atoms with Crippen molar-refractivity contribution in [3.8, 4) is 0 Å². The van der Waals surface area contributed by atoms with Crippen molar-refractivity contribution in [2.45, 2.75) is 12.2 Å². The first-order chi connectivity index (χ1) is 4.74. The number of nitrogens with zero attached hydrogens (tertiary/aromatic N) is 2. The van der Waals surface area contributed by atoms with Crippen LogP contribution >= 0.6 is 23.1 Å². The van der Waals surface area contributed by atoms with Crippen LogP contribution in [0.5, 0.6) is 0 Å². The lowest BCUT2D eigenvalue weighted by Gasteiger charge is -1.99. The van der Waals surface area contributed by atoms with Gasteiger partial charge in [-0.2, -0.15) is 11.8 Å². The quantitative estimate of drug-likeness (QED) is 0.741. The van der Waals surface area contributed by atoms with Gasteiger partial charge in [0.15, 0.2) is 0 Å². The van der Waals surface area contributed by atoms with Crippen LogP contribution in [-0.2, 0) is 0 Å². The Hall–Kier alpha value is -0.290. The number of thioether (sulfide) groups is 1. The lowest BCUT2D eigenvalue weighted by atomic mass is 10.5. The van der Waals surface area contributed by atoms with Crippen LogP contribution < -0.4 is 5.73 Å². The van der Waals surface area contributed by atoms with E-state index in [9.17, 15) is 0 Å². The average Bonchev–Trinajstić information content (AvgIpc) is 2.34. The Kier molecular flexibility index (Phi) is 2.50. The molecule has 0 unspecified atom stereocenters. The predicted molar refractivity (Wildman–Crippen MR) is 46.3 cm³/mol. The van der Waals surface area contributed by atoms with Gasteiger partial charge in [0.1, 0.15) is 5.01 Å². The fourth-order valence-corrected chi connectivity index (χ4v) is 1.74. The first-order valence-electron chi connectivity index (χ1n) is 2.85. The molecule has 0 spiro atoms. The van der Waals surface area contributed by atoms with Gasteiger partial charge in [0.2, 0.25) is 5.13 Å². The van der Waals surface area contributed by atoms with Gasteiger partial charge < -0.3 is 5.73 Å². The summed E-state index contributed by atoms with van der Waals surface area (Å²) in [4.78, 5) is 0. The molecule has 0 aromatic carbocycles. The van der Waals surface area contributed by atoms with E-state index in [4.69, 9.17) is 5.73 Å². The van der Waals surface area contributed by atoms with E-state index < -0.39 is 0 Å². The zero-order valence-corrected chi connectivity index (χ0v) is 7.50. The molecule has 0 saturated heterocycles. The molecule has 0 radical (unpaired) electrons. The number of nitrogen functional groups attached to an aromatic ring is 1. The normalized spacial score (nSPS) is 13.4. The van der Waals surface area contributed by atoms with E-state index in [-0.39, 0.29) is 0 Å². The Bertz CT molecular complexity index is 210. The second kappa shape index (κ2) is 3.21. The Morgan fingerprint density at radius 3 is 2.70 bits per heavy atom. The van der Waals surface area contributed by atoms with Crippen LogP contribution in [-0.4, -0.2) is 16.5 Å². The van der Waals surface area contributed by atoms with Crippen LogP contribution in [0, 0.1) is 0 Å². The molecule has 1 atom stereocenters. The summed E-state index contributed by atoms with van der Waals surface area (Å²) in [5.41, 5.74) is 5.41. The molecule has 56 valence electrons. The first-order valence-corrected chi connectivity index (χ1v) is 4.96. The Morgan fingerprint density at radius 1 is 1.60 bits per heavy atom. The van der Waals surface area contributed by atoms with Crippen LogP contribution in [0.2, 0.25) is 0 Å². The van der Waals surface area contributed by atoms with E-state index in [0.29, 0.717) is 10.4 Å². The number of aromatic nitrogens is 2. The molecule has 3 nitrogen and oxygen atoms in total. The Balaban J connectivity index is 2.74. The van der Waals surface area contributed by atoms with E-state index in [1.807, 2.05) is 6.26 Å². The maximum atomic E-state index is 5.41. The van der Waals surface area contributed by atoms with E-state index >= 15 is 0 Å². The molecule has 0 amide bonds. The third-order valence-electron chi connectivity index (χ3n) is 1.16. The summed E-state index contributed by atoms with van der Waals surface area (Å²) >= 11 is 3.20. The highest BCUT2D eigenvalue weighted by atomic mass is 32.2. The summed E-state index contributed by atoms with van der Waals surface area (Å²) in [5, 5.41) is 9.60. The molecule has 0 aliphatic rings. The molecule has 0 aliphatic heterocycles. The smallest absolute Gasteiger partial charge is 0.203 e. The maximum Gasteiger partial charge on any atom is 0.203 e. The lowest BCUT2D eigenvalue weighted by Crippen LogP contribution is -1.84. The summed E-state index contributed by atoms with van der Waals surface area (Å²) in [6, 6.07) is 0. The molecule has 2 N–H and O–H groups in total. The standard InChI is InChI=1S/C5H9N3S2/c1-3(9-2)4-7-8-5(6)10-4/h3H,1-2H3,(H2,6,8)/t3-/m0/s1. The monoisotopic (exact) mass is 175 g/mol. The second-order valence-electron chi connectivity index (χ2n) is 1.86. The van der Waals surface area contributed by atoms with Crippen LogP contribution in [0.3, 0.4) is 0 Å². The average molecular weight is 175 g/mol. The third-order valence-corrected chi connectivity index (χ3v) is 3.17. The predicted octanol–water partition coefficient (Wildman–Crippen LogP) is 1.54. The van der Waals surface area contributed by atoms with E-state index in [2.05, 4.69) is 17.1 Å². The van der Waals surface area contributed by atoms with E-state index in [1.165, 1.54) is 11.3 Å². The number of anilines is 1. The van der Waals surface area contributed by atoms with Crippen LogP contribution in [0.15, 0.2) is 0 Å².